The summed E-state index contributed by atoms with van der Waals surface area (Å²) >= 11 is 6.06. The summed E-state index contributed by atoms with van der Waals surface area (Å²) in [6.07, 6.45) is -0.272. The molecule has 1 heterocycles. The minimum atomic E-state index is -1.36. The number of ether oxygens (including phenoxy) is 3. The normalized spacial score (nSPS) is 17.4. The molecule has 0 radical (unpaired) electrons. The number of para-hydroxylation sites is 2. The fourth-order valence-electron chi connectivity index (χ4n) is 5.58. The molecule has 11 nitrogen and oxygen atoms in total. The highest BCUT2D eigenvalue weighted by atomic mass is 35.5. The minimum Gasteiger partial charge on any atom is -0.491 e. The first-order valence-corrected chi connectivity index (χ1v) is 17.3. The van der Waals surface area contributed by atoms with E-state index in [0.29, 0.717) is 17.3 Å². The van der Waals surface area contributed by atoms with Gasteiger partial charge in [0.1, 0.15) is 36.8 Å². The Morgan fingerprint density at radius 3 is 2.52 bits per heavy atom. The molecule has 3 atom stereocenters. The number of carbonyl (C=O) groups excluding carboxylic acids is 4. The summed E-state index contributed by atoms with van der Waals surface area (Å²) in [6, 6.07) is 23.5. The molecule has 0 bridgehead atoms. The second kappa shape index (κ2) is 18.0. The van der Waals surface area contributed by atoms with Crippen molar-refractivity contribution < 1.29 is 37.8 Å². The van der Waals surface area contributed by atoms with Crippen LogP contribution in [-0.2, 0) is 20.8 Å². The quantitative estimate of drug-likeness (QED) is 0.201. The maximum Gasteiger partial charge on any atom is 0.255 e. The standard InChI is InChI=1S/C39H40ClFN4O7/c1-3-45-19-20-50-33-17-8-7-15-29(33)37(47)44-31(23-35(46)43-32(39(45)49)21-26-11-5-4-6-12-26)38(48)42-25(2)24-51-36-30(41)16-10-18-34(36)52-28-14-9-13-27(40)22-28/h4-18,22,25,31-32H,3,19-21,23-24H2,1-2H3,(H,42,48)(H,43,46)(H,44,47)/t25-,31+,32+/m1/s1. The van der Waals surface area contributed by atoms with Gasteiger partial charge in [-0.2, -0.15) is 0 Å². The molecule has 1 aliphatic heterocycles. The van der Waals surface area contributed by atoms with E-state index in [4.69, 9.17) is 25.8 Å². The molecule has 3 N–H and O–H groups in total. The Kier molecular flexibility index (Phi) is 13.1. The van der Waals surface area contributed by atoms with Gasteiger partial charge >= 0.3 is 0 Å². The maximum atomic E-state index is 14.9. The van der Waals surface area contributed by atoms with Crippen molar-refractivity contribution in [2.75, 3.05) is 26.3 Å². The molecular formula is C39H40ClFN4O7. The van der Waals surface area contributed by atoms with Gasteiger partial charge in [-0.1, -0.05) is 66.2 Å². The summed E-state index contributed by atoms with van der Waals surface area (Å²) in [4.78, 5) is 56.2. The number of fused-ring (bicyclic) bond motifs is 1. The molecule has 0 fully saturated rings. The zero-order valence-electron chi connectivity index (χ0n) is 28.8. The third-order valence-electron chi connectivity index (χ3n) is 8.19. The fourth-order valence-corrected chi connectivity index (χ4v) is 5.76. The SMILES string of the molecule is CCN1CCOc2ccccc2C(=O)N[C@H](C(=O)N[C@H](C)COc2c(F)cccc2Oc2cccc(Cl)c2)CC(=O)N[C@@H](Cc2ccccc2)C1=O. The summed E-state index contributed by atoms with van der Waals surface area (Å²) in [7, 11) is 0. The molecule has 1 aliphatic rings. The van der Waals surface area contributed by atoms with Crippen molar-refractivity contribution in [3.05, 3.63) is 119 Å². The number of hydrogen-bond donors (Lipinski definition) is 3. The van der Waals surface area contributed by atoms with Gasteiger partial charge in [-0.25, -0.2) is 4.39 Å². The number of carbonyl (C=O) groups is 4. The lowest BCUT2D eigenvalue weighted by molar-refractivity contribution is -0.137. The van der Waals surface area contributed by atoms with Gasteiger partial charge in [0.05, 0.1) is 24.6 Å². The van der Waals surface area contributed by atoms with Crippen LogP contribution in [0.2, 0.25) is 5.02 Å². The summed E-state index contributed by atoms with van der Waals surface area (Å²) in [5.41, 5.74) is 0.980. The average molecular weight is 731 g/mol. The van der Waals surface area contributed by atoms with Crippen molar-refractivity contribution in [2.24, 2.45) is 0 Å². The van der Waals surface area contributed by atoms with Crippen LogP contribution in [0.3, 0.4) is 0 Å². The number of rotatable bonds is 10. The number of hydrogen-bond acceptors (Lipinski definition) is 7. The van der Waals surface area contributed by atoms with Crippen LogP contribution in [0.15, 0.2) is 97.1 Å². The minimum absolute atomic E-state index is 0.0885. The zero-order valence-corrected chi connectivity index (χ0v) is 29.5. The molecular weight excluding hydrogens is 691 g/mol. The Labute approximate surface area is 306 Å². The predicted molar refractivity (Wildman–Crippen MR) is 193 cm³/mol. The highest BCUT2D eigenvalue weighted by Gasteiger charge is 2.31. The lowest BCUT2D eigenvalue weighted by atomic mass is 10.0. The first kappa shape index (κ1) is 37.6. The van der Waals surface area contributed by atoms with Crippen molar-refractivity contribution >= 4 is 35.2 Å². The van der Waals surface area contributed by atoms with E-state index >= 15 is 0 Å². The highest BCUT2D eigenvalue weighted by molar-refractivity contribution is 6.30. The summed E-state index contributed by atoms with van der Waals surface area (Å²) in [6.45, 7) is 3.93. The van der Waals surface area contributed by atoms with Crippen LogP contribution in [0, 0.1) is 5.82 Å². The van der Waals surface area contributed by atoms with Gasteiger partial charge in [0.25, 0.3) is 5.91 Å². The van der Waals surface area contributed by atoms with Crippen LogP contribution >= 0.6 is 11.6 Å². The van der Waals surface area contributed by atoms with Crippen LogP contribution in [0.25, 0.3) is 0 Å². The topological polar surface area (TPSA) is 135 Å². The van der Waals surface area contributed by atoms with Gasteiger partial charge < -0.3 is 35.1 Å². The number of amides is 4. The molecule has 52 heavy (non-hydrogen) atoms. The van der Waals surface area contributed by atoms with E-state index in [2.05, 4.69) is 16.0 Å². The average Bonchev–Trinajstić information content (AvgIpc) is 3.12. The summed E-state index contributed by atoms with van der Waals surface area (Å²) in [5.74, 6) is -2.41. The lowest BCUT2D eigenvalue weighted by Crippen LogP contribution is -2.54. The second-order valence-corrected chi connectivity index (χ2v) is 12.6. The first-order chi connectivity index (χ1) is 25.1. The third-order valence-corrected chi connectivity index (χ3v) is 8.43. The van der Waals surface area contributed by atoms with E-state index < -0.39 is 48.1 Å². The largest absolute Gasteiger partial charge is 0.491 e. The Balaban J connectivity index is 1.34. The van der Waals surface area contributed by atoms with E-state index in [0.717, 1.165) is 5.56 Å². The van der Waals surface area contributed by atoms with Crippen molar-refractivity contribution in [3.63, 3.8) is 0 Å². The van der Waals surface area contributed by atoms with E-state index in [1.54, 1.807) is 54.3 Å². The zero-order chi connectivity index (χ0) is 37.0. The van der Waals surface area contributed by atoms with Crippen molar-refractivity contribution in [3.8, 4) is 23.0 Å². The van der Waals surface area contributed by atoms with Gasteiger partial charge in [0.15, 0.2) is 17.3 Å². The fraction of sp³-hybridized carbons (Fsp3) is 0.282. The molecule has 0 aliphatic carbocycles. The molecule has 5 rings (SSSR count). The third kappa shape index (κ3) is 10.2. The lowest BCUT2D eigenvalue weighted by Gasteiger charge is -2.28. The van der Waals surface area contributed by atoms with Crippen molar-refractivity contribution in [1.29, 1.82) is 0 Å². The van der Waals surface area contributed by atoms with E-state index in [9.17, 15) is 23.6 Å². The van der Waals surface area contributed by atoms with Crippen LogP contribution in [0.4, 0.5) is 4.39 Å². The Bertz CT molecular complexity index is 1880. The molecule has 272 valence electrons. The highest BCUT2D eigenvalue weighted by Crippen LogP contribution is 2.34. The van der Waals surface area contributed by atoms with Gasteiger partial charge in [-0.15, -0.1) is 0 Å². The Morgan fingerprint density at radius 2 is 1.75 bits per heavy atom. The number of nitrogens with zero attached hydrogens (tertiary/aromatic N) is 1. The van der Waals surface area contributed by atoms with Crippen molar-refractivity contribution in [2.45, 2.75) is 44.8 Å². The van der Waals surface area contributed by atoms with Gasteiger partial charge in [-0.3, -0.25) is 19.2 Å². The summed E-state index contributed by atoms with van der Waals surface area (Å²) < 4.78 is 32.5. The number of likely N-dealkylation sites (N-methyl/N-ethyl adjacent to an activating group) is 1. The number of nitrogens with one attached hydrogen (secondary N) is 3. The maximum absolute atomic E-state index is 14.9. The summed E-state index contributed by atoms with van der Waals surface area (Å²) in [5, 5.41) is 8.64. The molecule has 0 saturated heterocycles. The van der Waals surface area contributed by atoms with Gasteiger partial charge in [0.2, 0.25) is 17.7 Å². The van der Waals surface area contributed by atoms with E-state index in [1.807, 2.05) is 37.3 Å². The second-order valence-electron chi connectivity index (χ2n) is 12.1. The van der Waals surface area contributed by atoms with Crippen molar-refractivity contribution in [1.82, 2.24) is 20.9 Å². The molecule has 0 unspecified atom stereocenters. The monoisotopic (exact) mass is 730 g/mol. The molecule has 4 amide bonds. The molecule has 13 heteroatoms. The molecule has 4 aromatic carbocycles. The van der Waals surface area contributed by atoms with E-state index in [-0.39, 0.29) is 54.9 Å². The van der Waals surface area contributed by atoms with Crippen LogP contribution in [-0.4, -0.2) is 73.0 Å². The van der Waals surface area contributed by atoms with Crippen LogP contribution in [0.5, 0.6) is 23.0 Å². The molecule has 0 spiro atoms. The van der Waals surface area contributed by atoms with Gasteiger partial charge in [-0.05, 0) is 61.9 Å². The number of benzene rings is 4. The molecule has 0 aromatic heterocycles. The van der Waals surface area contributed by atoms with Crippen LogP contribution in [0.1, 0.15) is 36.2 Å². The Hall–Kier alpha value is -5.62. The van der Waals surface area contributed by atoms with Gasteiger partial charge in [0, 0.05) is 18.0 Å². The van der Waals surface area contributed by atoms with E-state index in [1.165, 1.54) is 24.3 Å². The van der Waals surface area contributed by atoms with Crippen LogP contribution < -0.4 is 30.2 Å². The number of halogens is 2. The predicted octanol–water partition coefficient (Wildman–Crippen LogP) is 5.31. The Morgan fingerprint density at radius 1 is 1.00 bits per heavy atom. The molecule has 4 aromatic rings. The first-order valence-electron chi connectivity index (χ1n) is 16.9. The smallest absolute Gasteiger partial charge is 0.255 e. The molecule has 0 saturated carbocycles.